The molecule has 25 heavy (non-hydrogen) atoms. The van der Waals surface area contributed by atoms with Gasteiger partial charge in [-0.15, -0.1) is 0 Å². The standard InChI is InChI=1S/C21H25NO3/c1-15(16-11-7-5-8-12-16)18(20(24)25-21(2,3)4)22-19(23)17-13-9-6-10-14-17/h5-15,18H,1-4H3,(H,22,23)/t15-,18+/m0/s1. The molecular weight excluding hydrogens is 314 g/mol. The van der Waals surface area contributed by atoms with Crippen LogP contribution >= 0.6 is 0 Å². The van der Waals surface area contributed by atoms with Crippen molar-refractivity contribution in [2.75, 3.05) is 0 Å². The largest absolute Gasteiger partial charge is 0.458 e. The smallest absolute Gasteiger partial charge is 0.329 e. The second-order valence-electron chi connectivity index (χ2n) is 7.05. The van der Waals surface area contributed by atoms with E-state index in [-0.39, 0.29) is 11.8 Å². The summed E-state index contributed by atoms with van der Waals surface area (Å²) in [7, 11) is 0. The molecule has 0 radical (unpaired) electrons. The fourth-order valence-corrected chi connectivity index (χ4v) is 2.52. The lowest BCUT2D eigenvalue weighted by Crippen LogP contribution is -2.47. The highest BCUT2D eigenvalue weighted by Crippen LogP contribution is 2.22. The van der Waals surface area contributed by atoms with Gasteiger partial charge in [0.1, 0.15) is 11.6 Å². The van der Waals surface area contributed by atoms with Crippen molar-refractivity contribution in [3.05, 3.63) is 71.8 Å². The van der Waals surface area contributed by atoms with Gasteiger partial charge in [0.25, 0.3) is 5.91 Å². The lowest BCUT2D eigenvalue weighted by Gasteiger charge is -2.28. The molecular formula is C21H25NO3. The molecule has 1 amide bonds. The number of carbonyl (C=O) groups is 2. The number of esters is 1. The Hall–Kier alpha value is -2.62. The molecule has 0 fully saturated rings. The van der Waals surface area contributed by atoms with Crippen LogP contribution in [-0.2, 0) is 9.53 Å². The van der Waals surface area contributed by atoms with Gasteiger partial charge < -0.3 is 10.1 Å². The number of hydrogen-bond acceptors (Lipinski definition) is 3. The predicted octanol–water partition coefficient (Wildman–Crippen LogP) is 3.93. The Labute approximate surface area is 149 Å². The van der Waals surface area contributed by atoms with Gasteiger partial charge in [0.15, 0.2) is 0 Å². The van der Waals surface area contributed by atoms with Crippen LogP contribution in [0, 0.1) is 0 Å². The Balaban J connectivity index is 2.25. The van der Waals surface area contributed by atoms with E-state index >= 15 is 0 Å². The summed E-state index contributed by atoms with van der Waals surface area (Å²) in [5, 5.41) is 2.84. The van der Waals surface area contributed by atoms with E-state index in [1.807, 2.05) is 64.1 Å². The van der Waals surface area contributed by atoms with Gasteiger partial charge in [0, 0.05) is 11.5 Å². The number of amides is 1. The van der Waals surface area contributed by atoms with E-state index in [2.05, 4.69) is 5.32 Å². The summed E-state index contributed by atoms with van der Waals surface area (Å²) >= 11 is 0. The summed E-state index contributed by atoms with van der Waals surface area (Å²) in [6.45, 7) is 7.35. The molecule has 2 aromatic rings. The molecule has 0 saturated heterocycles. The minimum absolute atomic E-state index is 0.219. The van der Waals surface area contributed by atoms with Crippen molar-refractivity contribution in [3.8, 4) is 0 Å². The summed E-state index contributed by atoms with van der Waals surface area (Å²) in [4.78, 5) is 25.2. The molecule has 0 bridgehead atoms. The SMILES string of the molecule is C[C@@H](c1ccccc1)[C@@H](NC(=O)c1ccccc1)C(=O)OC(C)(C)C. The van der Waals surface area contributed by atoms with Crippen LogP contribution in [0.3, 0.4) is 0 Å². The Bertz CT molecular complexity index is 705. The highest BCUT2D eigenvalue weighted by atomic mass is 16.6. The van der Waals surface area contributed by atoms with Crippen molar-refractivity contribution in [1.29, 1.82) is 0 Å². The number of rotatable bonds is 5. The van der Waals surface area contributed by atoms with Crippen molar-refractivity contribution in [3.63, 3.8) is 0 Å². The summed E-state index contributed by atoms with van der Waals surface area (Å²) in [5.41, 5.74) is 0.853. The predicted molar refractivity (Wildman–Crippen MR) is 98.4 cm³/mol. The maximum atomic E-state index is 12.7. The lowest BCUT2D eigenvalue weighted by molar-refractivity contribution is -0.157. The molecule has 2 rings (SSSR count). The first kappa shape index (κ1) is 18.7. The van der Waals surface area contributed by atoms with E-state index in [0.29, 0.717) is 5.56 Å². The van der Waals surface area contributed by atoms with E-state index in [4.69, 9.17) is 4.74 Å². The highest BCUT2D eigenvalue weighted by molar-refractivity contribution is 5.97. The van der Waals surface area contributed by atoms with Crippen molar-refractivity contribution in [2.24, 2.45) is 0 Å². The van der Waals surface area contributed by atoms with E-state index in [1.54, 1.807) is 24.3 Å². The number of nitrogens with one attached hydrogen (secondary N) is 1. The summed E-state index contributed by atoms with van der Waals surface area (Å²) in [6, 6.07) is 17.7. The Kier molecular flexibility index (Phi) is 5.97. The summed E-state index contributed by atoms with van der Waals surface area (Å²) in [5.74, 6) is -0.948. The molecule has 2 atom stereocenters. The van der Waals surface area contributed by atoms with E-state index < -0.39 is 17.6 Å². The molecule has 132 valence electrons. The normalized spacial score (nSPS) is 13.6. The molecule has 0 unspecified atom stereocenters. The van der Waals surface area contributed by atoms with Crippen LogP contribution in [0.4, 0.5) is 0 Å². The quantitative estimate of drug-likeness (QED) is 0.840. The third kappa shape index (κ3) is 5.45. The van der Waals surface area contributed by atoms with Gasteiger partial charge in [0.2, 0.25) is 0 Å². The zero-order valence-electron chi connectivity index (χ0n) is 15.2. The first-order valence-electron chi connectivity index (χ1n) is 8.41. The fraction of sp³-hybridized carbons (Fsp3) is 0.333. The third-order valence-electron chi connectivity index (χ3n) is 3.81. The fourth-order valence-electron chi connectivity index (χ4n) is 2.52. The molecule has 0 aliphatic carbocycles. The van der Waals surface area contributed by atoms with Gasteiger partial charge in [-0.1, -0.05) is 55.5 Å². The lowest BCUT2D eigenvalue weighted by atomic mass is 9.92. The average molecular weight is 339 g/mol. The second kappa shape index (κ2) is 7.97. The average Bonchev–Trinajstić information content (AvgIpc) is 2.59. The van der Waals surface area contributed by atoms with E-state index in [0.717, 1.165) is 5.56 Å². The minimum Gasteiger partial charge on any atom is -0.458 e. The Morgan fingerprint density at radius 1 is 0.920 bits per heavy atom. The van der Waals surface area contributed by atoms with Crippen LogP contribution in [0.5, 0.6) is 0 Å². The number of benzene rings is 2. The maximum Gasteiger partial charge on any atom is 0.329 e. The van der Waals surface area contributed by atoms with Crippen molar-refractivity contribution >= 4 is 11.9 Å². The van der Waals surface area contributed by atoms with Crippen LogP contribution in [-0.4, -0.2) is 23.5 Å². The van der Waals surface area contributed by atoms with Gasteiger partial charge in [-0.2, -0.15) is 0 Å². The van der Waals surface area contributed by atoms with Crippen LogP contribution < -0.4 is 5.32 Å². The van der Waals surface area contributed by atoms with E-state index in [1.165, 1.54) is 0 Å². The van der Waals surface area contributed by atoms with Crippen molar-refractivity contribution in [2.45, 2.75) is 45.3 Å². The molecule has 4 heteroatoms. The molecule has 0 aliphatic rings. The molecule has 1 N–H and O–H groups in total. The Morgan fingerprint density at radius 3 is 1.96 bits per heavy atom. The van der Waals surface area contributed by atoms with Gasteiger partial charge in [-0.05, 0) is 38.5 Å². The number of ether oxygens (including phenoxy) is 1. The second-order valence-corrected chi connectivity index (χ2v) is 7.05. The molecule has 0 aromatic heterocycles. The van der Waals surface area contributed by atoms with Crippen LogP contribution in [0.15, 0.2) is 60.7 Å². The Morgan fingerprint density at radius 2 is 1.44 bits per heavy atom. The number of hydrogen-bond donors (Lipinski definition) is 1. The van der Waals surface area contributed by atoms with Crippen LogP contribution in [0.2, 0.25) is 0 Å². The molecule has 0 heterocycles. The molecule has 4 nitrogen and oxygen atoms in total. The first-order chi connectivity index (χ1) is 11.8. The van der Waals surface area contributed by atoms with E-state index in [9.17, 15) is 9.59 Å². The molecule has 0 spiro atoms. The van der Waals surface area contributed by atoms with Gasteiger partial charge in [0.05, 0.1) is 0 Å². The molecule has 2 aromatic carbocycles. The topological polar surface area (TPSA) is 55.4 Å². The summed E-state index contributed by atoms with van der Waals surface area (Å²) < 4.78 is 5.53. The minimum atomic E-state index is -0.769. The molecule has 0 aliphatic heterocycles. The van der Waals surface area contributed by atoms with Crippen molar-refractivity contribution < 1.29 is 14.3 Å². The van der Waals surface area contributed by atoms with Crippen LogP contribution in [0.1, 0.15) is 49.5 Å². The number of carbonyl (C=O) groups excluding carboxylic acids is 2. The van der Waals surface area contributed by atoms with Crippen molar-refractivity contribution in [1.82, 2.24) is 5.32 Å². The first-order valence-corrected chi connectivity index (χ1v) is 8.41. The monoisotopic (exact) mass is 339 g/mol. The van der Waals surface area contributed by atoms with Gasteiger partial charge in [-0.3, -0.25) is 4.79 Å². The zero-order valence-corrected chi connectivity index (χ0v) is 15.2. The molecule has 0 saturated carbocycles. The third-order valence-corrected chi connectivity index (χ3v) is 3.81. The summed E-state index contributed by atoms with van der Waals surface area (Å²) in [6.07, 6.45) is 0. The highest BCUT2D eigenvalue weighted by Gasteiger charge is 2.32. The van der Waals surface area contributed by atoms with Gasteiger partial charge in [-0.25, -0.2) is 4.79 Å². The van der Waals surface area contributed by atoms with Gasteiger partial charge >= 0.3 is 5.97 Å². The maximum absolute atomic E-state index is 12.7. The zero-order chi connectivity index (χ0) is 18.4. The van der Waals surface area contributed by atoms with Crippen LogP contribution in [0.25, 0.3) is 0 Å².